The Morgan fingerprint density at radius 3 is 2.88 bits per heavy atom. The summed E-state index contributed by atoms with van der Waals surface area (Å²) in [5.74, 6) is 0.649. The van der Waals surface area contributed by atoms with E-state index in [2.05, 4.69) is 0 Å². The molecule has 0 radical (unpaired) electrons. The van der Waals surface area contributed by atoms with Crippen molar-refractivity contribution in [3.63, 3.8) is 0 Å². The van der Waals surface area contributed by atoms with Crippen LogP contribution in [0.25, 0.3) is 0 Å². The molecule has 1 fully saturated rings. The van der Waals surface area contributed by atoms with Gasteiger partial charge in [-0.05, 0) is 31.0 Å². The summed E-state index contributed by atoms with van der Waals surface area (Å²) in [5, 5.41) is 8.99. The number of aliphatic hydroxyl groups excluding tert-OH is 1. The fraction of sp³-hybridized carbons (Fsp3) is 0.462. The molecule has 1 aromatic carbocycles. The third-order valence-corrected chi connectivity index (χ3v) is 2.91. The van der Waals surface area contributed by atoms with Gasteiger partial charge in [0.1, 0.15) is 5.75 Å². The van der Waals surface area contributed by atoms with Gasteiger partial charge >= 0.3 is 0 Å². The lowest BCUT2D eigenvalue weighted by Gasteiger charge is -2.21. The van der Waals surface area contributed by atoms with Crippen LogP contribution in [0.1, 0.15) is 23.2 Å². The highest BCUT2D eigenvalue weighted by Crippen LogP contribution is 2.28. The Kier molecular flexibility index (Phi) is 3.64. The normalized spacial score (nSPS) is 14.5. The van der Waals surface area contributed by atoms with Crippen molar-refractivity contribution in [2.24, 2.45) is 0 Å². The number of methoxy groups -OCH3 is 1. The molecule has 0 aliphatic heterocycles. The third kappa shape index (κ3) is 2.77. The first kappa shape index (κ1) is 11.9. The first-order valence-corrected chi connectivity index (χ1v) is 5.82. The van der Waals surface area contributed by atoms with E-state index in [-0.39, 0.29) is 12.5 Å². The molecule has 4 nitrogen and oxygen atoms in total. The van der Waals surface area contributed by atoms with Gasteiger partial charge in [0.05, 0.1) is 13.7 Å². The van der Waals surface area contributed by atoms with Crippen LogP contribution in [0.4, 0.5) is 0 Å². The van der Waals surface area contributed by atoms with E-state index in [1.807, 2.05) is 6.07 Å². The standard InChI is InChI=1S/C13H17NO3/c1-17-12-4-2-3-10(9-12)13(16)14(7-8-15)11-5-6-11/h2-4,9,11,15H,5-8H2,1H3. The second-order valence-electron chi connectivity index (χ2n) is 4.19. The van der Waals surface area contributed by atoms with Crippen molar-refractivity contribution in [2.45, 2.75) is 18.9 Å². The molecular weight excluding hydrogens is 218 g/mol. The molecule has 1 amide bonds. The Morgan fingerprint density at radius 2 is 2.29 bits per heavy atom. The topological polar surface area (TPSA) is 49.8 Å². The molecule has 1 saturated carbocycles. The van der Waals surface area contributed by atoms with Gasteiger partial charge in [-0.25, -0.2) is 0 Å². The lowest BCUT2D eigenvalue weighted by Crippen LogP contribution is -2.35. The zero-order valence-electron chi connectivity index (χ0n) is 9.93. The molecule has 1 aromatic rings. The largest absolute Gasteiger partial charge is 0.497 e. The summed E-state index contributed by atoms with van der Waals surface area (Å²) in [6, 6.07) is 7.42. The maximum Gasteiger partial charge on any atom is 0.254 e. The van der Waals surface area contributed by atoms with Gasteiger partial charge < -0.3 is 14.7 Å². The van der Waals surface area contributed by atoms with Crippen LogP contribution < -0.4 is 4.74 Å². The van der Waals surface area contributed by atoms with Crippen LogP contribution in [0.15, 0.2) is 24.3 Å². The van der Waals surface area contributed by atoms with Crippen molar-refractivity contribution in [3.05, 3.63) is 29.8 Å². The first-order valence-electron chi connectivity index (χ1n) is 5.82. The number of ether oxygens (including phenoxy) is 1. The minimum atomic E-state index is -0.0274. The maximum atomic E-state index is 12.2. The lowest BCUT2D eigenvalue weighted by molar-refractivity contribution is 0.0707. The molecule has 2 rings (SSSR count). The summed E-state index contributed by atoms with van der Waals surface area (Å²) in [6.45, 7) is 0.410. The predicted octanol–water partition coefficient (Wildman–Crippen LogP) is 1.29. The van der Waals surface area contributed by atoms with Crippen LogP contribution in [-0.4, -0.2) is 42.2 Å². The number of carbonyl (C=O) groups is 1. The fourth-order valence-corrected chi connectivity index (χ4v) is 1.87. The van der Waals surface area contributed by atoms with Crippen LogP contribution in [0, 0.1) is 0 Å². The summed E-state index contributed by atoms with van der Waals surface area (Å²) >= 11 is 0. The van der Waals surface area contributed by atoms with Crippen molar-refractivity contribution in [3.8, 4) is 5.75 Å². The summed E-state index contributed by atoms with van der Waals surface area (Å²) in [6.07, 6.45) is 2.07. The molecule has 1 aliphatic carbocycles. The number of benzene rings is 1. The monoisotopic (exact) mass is 235 g/mol. The highest BCUT2D eigenvalue weighted by molar-refractivity contribution is 5.95. The zero-order valence-corrected chi connectivity index (χ0v) is 9.93. The molecule has 0 heterocycles. The number of aliphatic hydroxyl groups is 1. The van der Waals surface area contributed by atoms with Gasteiger partial charge in [-0.15, -0.1) is 0 Å². The van der Waals surface area contributed by atoms with Gasteiger partial charge in [-0.3, -0.25) is 4.79 Å². The van der Waals surface area contributed by atoms with E-state index in [9.17, 15) is 4.79 Å². The minimum absolute atomic E-state index is 0.00616. The van der Waals surface area contributed by atoms with Crippen molar-refractivity contribution < 1.29 is 14.6 Å². The zero-order chi connectivity index (χ0) is 12.3. The van der Waals surface area contributed by atoms with Crippen LogP contribution in [0.5, 0.6) is 5.75 Å². The molecule has 92 valence electrons. The van der Waals surface area contributed by atoms with E-state index in [1.165, 1.54) is 0 Å². The number of rotatable bonds is 5. The molecule has 17 heavy (non-hydrogen) atoms. The molecule has 0 aromatic heterocycles. The summed E-state index contributed by atoms with van der Waals surface area (Å²) < 4.78 is 5.10. The molecule has 0 atom stereocenters. The van der Waals surface area contributed by atoms with E-state index < -0.39 is 0 Å². The van der Waals surface area contributed by atoms with Crippen molar-refractivity contribution in [1.82, 2.24) is 4.90 Å². The molecule has 0 spiro atoms. The van der Waals surface area contributed by atoms with Crippen LogP contribution in [0.3, 0.4) is 0 Å². The summed E-state index contributed by atoms with van der Waals surface area (Å²) in [5.41, 5.74) is 0.615. The molecule has 0 saturated heterocycles. The Hall–Kier alpha value is -1.55. The number of carbonyl (C=O) groups excluding carboxylic acids is 1. The lowest BCUT2D eigenvalue weighted by atomic mass is 10.2. The van der Waals surface area contributed by atoms with Crippen molar-refractivity contribution >= 4 is 5.91 Å². The van der Waals surface area contributed by atoms with Crippen LogP contribution in [0.2, 0.25) is 0 Å². The van der Waals surface area contributed by atoms with Gasteiger partial charge in [0.25, 0.3) is 5.91 Å². The highest BCUT2D eigenvalue weighted by atomic mass is 16.5. The average molecular weight is 235 g/mol. The van der Waals surface area contributed by atoms with Gasteiger partial charge in [0.15, 0.2) is 0 Å². The van der Waals surface area contributed by atoms with E-state index in [1.54, 1.807) is 30.2 Å². The predicted molar refractivity (Wildman–Crippen MR) is 64.1 cm³/mol. The first-order chi connectivity index (χ1) is 8.26. The Labute approximate surface area is 101 Å². The van der Waals surface area contributed by atoms with Gasteiger partial charge in [-0.2, -0.15) is 0 Å². The van der Waals surface area contributed by atoms with E-state index in [0.717, 1.165) is 12.8 Å². The Bertz CT molecular complexity index is 401. The fourth-order valence-electron chi connectivity index (χ4n) is 1.87. The average Bonchev–Trinajstić information content (AvgIpc) is 3.19. The molecule has 1 N–H and O–H groups in total. The van der Waals surface area contributed by atoms with Crippen LogP contribution in [-0.2, 0) is 0 Å². The third-order valence-electron chi connectivity index (χ3n) is 2.91. The minimum Gasteiger partial charge on any atom is -0.497 e. The Balaban J connectivity index is 2.15. The van der Waals surface area contributed by atoms with Gasteiger partial charge in [0.2, 0.25) is 0 Å². The maximum absolute atomic E-state index is 12.2. The summed E-state index contributed by atoms with van der Waals surface area (Å²) in [7, 11) is 1.58. The molecule has 1 aliphatic rings. The van der Waals surface area contributed by atoms with Gasteiger partial charge in [-0.1, -0.05) is 6.07 Å². The quantitative estimate of drug-likeness (QED) is 0.836. The SMILES string of the molecule is COc1cccc(C(=O)N(CCO)C2CC2)c1. The molecule has 0 bridgehead atoms. The smallest absolute Gasteiger partial charge is 0.254 e. The Morgan fingerprint density at radius 1 is 1.53 bits per heavy atom. The second kappa shape index (κ2) is 5.19. The molecular formula is C13H17NO3. The van der Waals surface area contributed by atoms with Gasteiger partial charge in [0, 0.05) is 18.2 Å². The van der Waals surface area contributed by atoms with E-state index >= 15 is 0 Å². The number of hydrogen-bond acceptors (Lipinski definition) is 3. The van der Waals surface area contributed by atoms with Crippen molar-refractivity contribution in [1.29, 1.82) is 0 Å². The van der Waals surface area contributed by atoms with Crippen LogP contribution >= 0.6 is 0 Å². The van der Waals surface area contributed by atoms with Crippen molar-refractivity contribution in [2.75, 3.05) is 20.3 Å². The van der Waals surface area contributed by atoms with E-state index in [4.69, 9.17) is 9.84 Å². The number of nitrogens with zero attached hydrogens (tertiary/aromatic N) is 1. The molecule has 0 unspecified atom stereocenters. The van der Waals surface area contributed by atoms with E-state index in [0.29, 0.717) is 23.9 Å². The summed E-state index contributed by atoms with van der Waals surface area (Å²) in [4.78, 5) is 14.0. The highest BCUT2D eigenvalue weighted by Gasteiger charge is 2.32. The second-order valence-corrected chi connectivity index (χ2v) is 4.19. The molecule has 4 heteroatoms. The number of hydrogen-bond donors (Lipinski definition) is 1. The number of amides is 1.